The zero-order valence-electron chi connectivity index (χ0n) is 29.1. The number of hydrogen-bond acceptors (Lipinski definition) is 7. The van der Waals surface area contributed by atoms with Gasteiger partial charge < -0.3 is 29.2 Å². The molecule has 0 bridgehead atoms. The second kappa shape index (κ2) is 10.5. The third kappa shape index (κ3) is 4.27. The minimum atomic E-state index is -0.733. The predicted octanol–water partition coefficient (Wildman–Crippen LogP) is 6.44. The third-order valence-corrected chi connectivity index (χ3v) is 15.3. The minimum Gasteiger partial charge on any atom is -0.459 e. The summed E-state index contributed by atoms with van der Waals surface area (Å²) in [6.45, 7) is 17.2. The van der Waals surface area contributed by atoms with Crippen molar-refractivity contribution in [2.45, 2.75) is 149 Å². The van der Waals surface area contributed by atoms with Gasteiger partial charge in [-0.1, -0.05) is 33.3 Å². The molecule has 0 amide bonds. The van der Waals surface area contributed by atoms with E-state index in [1.165, 1.54) is 12.8 Å². The lowest BCUT2D eigenvalue weighted by molar-refractivity contribution is -0.245. The van der Waals surface area contributed by atoms with E-state index in [1.807, 2.05) is 27.7 Å². The fourth-order valence-corrected chi connectivity index (χ4v) is 12.9. The number of carbonyl (C=O) groups is 1. The maximum Gasteiger partial charge on any atom is 0.330 e. The zero-order chi connectivity index (χ0) is 32.3. The van der Waals surface area contributed by atoms with Gasteiger partial charge in [0, 0.05) is 37.0 Å². The van der Waals surface area contributed by atoms with Crippen LogP contribution >= 0.6 is 0 Å². The number of carbonyl (C=O) groups excluding carboxylic acids is 1. The van der Waals surface area contributed by atoms with Gasteiger partial charge >= 0.3 is 5.97 Å². The van der Waals surface area contributed by atoms with Crippen molar-refractivity contribution in [3.8, 4) is 0 Å². The molecule has 0 unspecified atom stereocenters. The predicted molar refractivity (Wildman–Crippen MR) is 168 cm³/mol. The van der Waals surface area contributed by atoms with E-state index in [0.717, 1.165) is 50.5 Å². The molecule has 0 spiro atoms. The Balaban J connectivity index is 1.26. The van der Waals surface area contributed by atoms with Crippen LogP contribution in [0.1, 0.15) is 113 Å². The lowest BCUT2D eigenvalue weighted by atomic mass is 9.37. The normalized spacial score (nSPS) is 49.6. The van der Waals surface area contributed by atoms with Crippen molar-refractivity contribution in [2.24, 2.45) is 50.7 Å². The number of methoxy groups -OCH3 is 2. The van der Waals surface area contributed by atoms with Crippen molar-refractivity contribution >= 4 is 5.97 Å². The van der Waals surface area contributed by atoms with E-state index < -0.39 is 11.7 Å². The van der Waals surface area contributed by atoms with E-state index in [1.54, 1.807) is 20.3 Å². The number of hydrogen-bond donors (Lipinski definition) is 2. The lowest BCUT2D eigenvalue weighted by Crippen LogP contribution is -2.66. The quantitative estimate of drug-likeness (QED) is 0.251. The monoisotopic (exact) mass is 616 g/mol. The molecule has 0 aromatic rings. The highest BCUT2D eigenvalue weighted by Gasteiger charge is 2.86. The molecule has 44 heavy (non-hydrogen) atoms. The first-order valence-corrected chi connectivity index (χ1v) is 17.4. The van der Waals surface area contributed by atoms with Gasteiger partial charge in [-0.3, -0.25) is 0 Å². The van der Waals surface area contributed by atoms with Crippen molar-refractivity contribution in [3.05, 3.63) is 11.6 Å². The van der Waals surface area contributed by atoms with Crippen LogP contribution in [0.5, 0.6) is 0 Å². The summed E-state index contributed by atoms with van der Waals surface area (Å²) < 4.78 is 24.1. The first-order chi connectivity index (χ1) is 20.4. The summed E-state index contributed by atoms with van der Waals surface area (Å²) in [7, 11) is 3.38. The van der Waals surface area contributed by atoms with Crippen molar-refractivity contribution in [3.63, 3.8) is 0 Å². The van der Waals surface area contributed by atoms with Crippen LogP contribution in [-0.4, -0.2) is 66.7 Å². The van der Waals surface area contributed by atoms with Crippen molar-refractivity contribution in [2.75, 3.05) is 14.2 Å². The molecule has 1 aliphatic heterocycles. The number of allylic oxidation sites excluding steroid dienone is 1. The number of fused-ring (bicyclic) bond motifs is 3. The van der Waals surface area contributed by atoms with Crippen LogP contribution < -0.4 is 0 Å². The first kappa shape index (κ1) is 32.9. The Morgan fingerprint density at radius 3 is 2.34 bits per heavy atom. The third-order valence-electron chi connectivity index (χ3n) is 15.3. The van der Waals surface area contributed by atoms with Gasteiger partial charge in [-0.05, 0) is 119 Å². The zero-order valence-corrected chi connectivity index (χ0v) is 29.1. The number of aliphatic hydroxyl groups is 2. The average Bonchev–Trinajstić information content (AvgIpc) is 3.27. The Morgan fingerprint density at radius 2 is 1.70 bits per heavy atom. The Bertz CT molecular complexity index is 1170. The van der Waals surface area contributed by atoms with Crippen molar-refractivity contribution in [1.82, 2.24) is 0 Å². The molecule has 6 rings (SSSR count). The maximum atomic E-state index is 12.7. The van der Waals surface area contributed by atoms with Gasteiger partial charge in [-0.2, -0.15) is 0 Å². The molecule has 6 fully saturated rings. The van der Waals surface area contributed by atoms with Gasteiger partial charge in [0.05, 0.1) is 17.8 Å². The van der Waals surface area contributed by atoms with Gasteiger partial charge in [0.15, 0.2) is 6.29 Å². The Morgan fingerprint density at radius 1 is 1.00 bits per heavy atom. The van der Waals surface area contributed by atoms with Gasteiger partial charge in [-0.15, -0.1) is 0 Å². The molecule has 5 saturated carbocycles. The summed E-state index contributed by atoms with van der Waals surface area (Å²) >= 11 is 0. The summed E-state index contributed by atoms with van der Waals surface area (Å²) in [4.78, 5) is 12.7. The summed E-state index contributed by atoms with van der Waals surface area (Å²) in [5.41, 5.74) is 0.322. The van der Waals surface area contributed by atoms with Crippen molar-refractivity contribution in [1.29, 1.82) is 0 Å². The van der Waals surface area contributed by atoms with Gasteiger partial charge in [0.1, 0.15) is 12.2 Å². The molecule has 1 saturated heterocycles. The van der Waals surface area contributed by atoms with Crippen LogP contribution in [0.25, 0.3) is 0 Å². The van der Waals surface area contributed by atoms with Crippen LogP contribution in [0.3, 0.4) is 0 Å². The molecule has 7 heteroatoms. The second-order valence-electron chi connectivity index (χ2n) is 17.7. The molecule has 0 aromatic heterocycles. The van der Waals surface area contributed by atoms with Gasteiger partial charge in [0.25, 0.3) is 0 Å². The Kier molecular flexibility index (Phi) is 7.86. The van der Waals surface area contributed by atoms with E-state index in [4.69, 9.17) is 18.9 Å². The van der Waals surface area contributed by atoms with E-state index >= 15 is 0 Å². The topological polar surface area (TPSA) is 94.5 Å². The fourth-order valence-electron chi connectivity index (χ4n) is 12.9. The molecule has 250 valence electrons. The minimum absolute atomic E-state index is 0.0883. The first-order valence-electron chi connectivity index (χ1n) is 17.4. The summed E-state index contributed by atoms with van der Waals surface area (Å²) in [5, 5.41) is 23.5. The van der Waals surface area contributed by atoms with Crippen LogP contribution in [0.4, 0.5) is 0 Å². The smallest absolute Gasteiger partial charge is 0.330 e. The van der Waals surface area contributed by atoms with E-state index in [-0.39, 0.29) is 69.5 Å². The molecule has 6 aliphatic rings. The van der Waals surface area contributed by atoms with E-state index in [2.05, 4.69) is 27.7 Å². The van der Waals surface area contributed by atoms with Crippen molar-refractivity contribution < 1.29 is 34.0 Å². The standard InChI is InChI=1S/C37H60O7/c1-21(2)17-29(39)44-28-13-14-34(7)25-12-15-36-20-37(36,35(25,8)27(38)19-26(34)32(28,3)4)16-11-23(36)22-18-24(43-31(22)41-9)30(40)33(5,6)42-10/h17,22-28,30-31,38,40H,11-16,18-20H2,1-10H3/t22-,23-,24+,25+,26-,27+,28+,30-,31-,34+,35-,36+,37+/m0/s1. The maximum absolute atomic E-state index is 12.7. The van der Waals surface area contributed by atoms with Crippen LogP contribution in [0.2, 0.25) is 0 Å². The summed E-state index contributed by atoms with van der Waals surface area (Å²) in [6, 6.07) is 0. The molecule has 2 N–H and O–H groups in total. The lowest BCUT2D eigenvalue weighted by Gasteiger charge is -2.68. The molecule has 13 atom stereocenters. The molecule has 1 heterocycles. The summed E-state index contributed by atoms with van der Waals surface area (Å²) in [5.74, 6) is 1.17. The highest BCUT2D eigenvalue weighted by molar-refractivity contribution is 5.82. The highest BCUT2D eigenvalue weighted by atomic mass is 16.7. The number of rotatable bonds is 7. The largest absolute Gasteiger partial charge is 0.459 e. The van der Waals surface area contributed by atoms with E-state index in [9.17, 15) is 15.0 Å². The molecule has 0 aromatic carbocycles. The van der Waals surface area contributed by atoms with Crippen LogP contribution in [0, 0.1) is 50.7 Å². The van der Waals surface area contributed by atoms with E-state index in [0.29, 0.717) is 11.8 Å². The fraction of sp³-hybridized carbons (Fsp3) is 0.919. The van der Waals surface area contributed by atoms with Gasteiger partial charge in [0.2, 0.25) is 0 Å². The van der Waals surface area contributed by atoms with Crippen LogP contribution in [0.15, 0.2) is 11.6 Å². The average molecular weight is 617 g/mol. The molecular weight excluding hydrogens is 556 g/mol. The second-order valence-corrected chi connectivity index (χ2v) is 17.7. The molecule has 7 nitrogen and oxygen atoms in total. The molecule has 5 aliphatic carbocycles. The summed E-state index contributed by atoms with van der Waals surface area (Å²) in [6.07, 6.45) is 8.94. The SMILES string of the molecule is CO[C@H]1O[C@@H]([C@H](O)C(C)(C)OC)C[C@H]1[C@@H]1CC[C@]23C[C@]12CC[C@@H]1[C@@]2(C)CC[C@@H](OC(=O)C=C(C)C)C(C)(C)[C@@H]2C[C@@H](O)[C@]13C. The highest BCUT2D eigenvalue weighted by Crippen LogP contribution is 2.91. The Hall–Kier alpha value is -0.990. The number of aliphatic hydroxyl groups excluding tert-OH is 2. The number of ether oxygens (including phenoxy) is 4. The van der Waals surface area contributed by atoms with Crippen LogP contribution in [-0.2, 0) is 23.7 Å². The molecule has 0 radical (unpaired) electrons. The number of esters is 1. The van der Waals surface area contributed by atoms with Gasteiger partial charge in [-0.25, -0.2) is 4.79 Å². The molecular formula is C37H60O7. The Labute approximate surface area is 265 Å².